The van der Waals surface area contributed by atoms with Gasteiger partial charge in [-0.3, -0.25) is 0 Å². The van der Waals surface area contributed by atoms with Gasteiger partial charge in [-0.25, -0.2) is 0 Å². The Balaban J connectivity index is 2.04. The van der Waals surface area contributed by atoms with Crippen molar-refractivity contribution in [3.05, 3.63) is 71.3 Å². The monoisotopic (exact) mass is 309 g/mol. The lowest BCUT2D eigenvalue weighted by atomic mass is 10.0. The third-order valence-corrected chi connectivity index (χ3v) is 3.55. The highest BCUT2D eigenvalue weighted by Crippen LogP contribution is 2.31. The van der Waals surface area contributed by atoms with Crippen molar-refractivity contribution in [3.63, 3.8) is 0 Å². The Morgan fingerprint density at radius 1 is 1.00 bits per heavy atom. The van der Waals surface area contributed by atoms with Crippen LogP contribution < -0.4 is 5.32 Å². The Bertz CT molecular complexity index is 598. The lowest BCUT2D eigenvalue weighted by molar-refractivity contribution is -0.138. The number of halogens is 3. The second-order valence-corrected chi connectivity index (χ2v) is 5.18. The molecule has 0 aliphatic rings. The van der Waals surface area contributed by atoms with Gasteiger partial charge in [-0.05, 0) is 24.1 Å². The lowest BCUT2D eigenvalue weighted by Crippen LogP contribution is -2.32. The summed E-state index contributed by atoms with van der Waals surface area (Å²) in [5, 5.41) is 13.2. The van der Waals surface area contributed by atoms with Crippen molar-refractivity contribution in [1.29, 1.82) is 0 Å². The van der Waals surface area contributed by atoms with Crippen molar-refractivity contribution < 1.29 is 18.3 Å². The molecule has 118 valence electrons. The molecule has 0 bridgehead atoms. The van der Waals surface area contributed by atoms with Gasteiger partial charge in [-0.1, -0.05) is 48.5 Å². The van der Waals surface area contributed by atoms with Crippen molar-refractivity contribution in [2.24, 2.45) is 0 Å². The maximum absolute atomic E-state index is 12.9. The Morgan fingerprint density at radius 2 is 1.59 bits per heavy atom. The SMILES string of the molecule is C[C@@H](NCc1ccccc1C(F)(F)F)[C@@H](O)c1ccccc1. The van der Waals surface area contributed by atoms with Crippen LogP contribution in [0.4, 0.5) is 13.2 Å². The van der Waals surface area contributed by atoms with Crippen molar-refractivity contribution in [2.45, 2.75) is 31.8 Å². The number of hydrogen-bond acceptors (Lipinski definition) is 2. The molecule has 0 spiro atoms. The van der Waals surface area contributed by atoms with E-state index in [-0.39, 0.29) is 18.2 Å². The predicted molar refractivity (Wildman–Crippen MR) is 79.1 cm³/mol. The van der Waals surface area contributed by atoms with E-state index in [2.05, 4.69) is 5.32 Å². The minimum Gasteiger partial charge on any atom is -0.387 e. The van der Waals surface area contributed by atoms with Crippen LogP contribution in [0.15, 0.2) is 54.6 Å². The number of benzene rings is 2. The van der Waals surface area contributed by atoms with Crippen molar-refractivity contribution in [1.82, 2.24) is 5.32 Å². The fourth-order valence-electron chi connectivity index (χ4n) is 2.27. The summed E-state index contributed by atoms with van der Waals surface area (Å²) < 4.78 is 38.8. The van der Waals surface area contributed by atoms with E-state index in [1.165, 1.54) is 12.1 Å². The van der Waals surface area contributed by atoms with Gasteiger partial charge in [-0.2, -0.15) is 13.2 Å². The molecule has 0 fully saturated rings. The van der Waals surface area contributed by atoms with Gasteiger partial charge in [0.2, 0.25) is 0 Å². The smallest absolute Gasteiger partial charge is 0.387 e. The zero-order chi connectivity index (χ0) is 16.2. The molecule has 0 saturated heterocycles. The topological polar surface area (TPSA) is 32.3 Å². The summed E-state index contributed by atoms with van der Waals surface area (Å²) in [7, 11) is 0. The zero-order valence-electron chi connectivity index (χ0n) is 12.1. The third-order valence-electron chi connectivity index (χ3n) is 3.55. The Kier molecular flexibility index (Phi) is 5.21. The molecule has 2 nitrogen and oxygen atoms in total. The molecule has 5 heteroatoms. The van der Waals surface area contributed by atoms with Gasteiger partial charge in [0.1, 0.15) is 0 Å². The van der Waals surface area contributed by atoms with Gasteiger partial charge in [0, 0.05) is 12.6 Å². The fourth-order valence-corrected chi connectivity index (χ4v) is 2.27. The standard InChI is InChI=1S/C17H18F3NO/c1-12(16(22)13-7-3-2-4-8-13)21-11-14-9-5-6-10-15(14)17(18,19)20/h2-10,12,16,21-22H,11H2,1H3/t12-,16-/m1/s1. The molecule has 0 amide bonds. The van der Waals surface area contributed by atoms with Crippen LogP contribution in [0.3, 0.4) is 0 Å². The maximum atomic E-state index is 12.9. The summed E-state index contributed by atoms with van der Waals surface area (Å²) in [6.45, 7) is 1.79. The lowest BCUT2D eigenvalue weighted by Gasteiger charge is -2.22. The summed E-state index contributed by atoms with van der Waals surface area (Å²) in [5.74, 6) is 0. The normalized spacial score (nSPS) is 14.6. The highest BCUT2D eigenvalue weighted by Gasteiger charge is 2.32. The zero-order valence-corrected chi connectivity index (χ0v) is 12.1. The quantitative estimate of drug-likeness (QED) is 0.877. The van der Waals surface area contributed by atoms with E-state index in [0.717, 1.165) is 11.6 Å². The van der Waals surface area contributed by atoms with Crippen molar-refractivity contribution >= 4 is 0 Å². The van der Waals surface area contributed by atoms with E-state index in [9.17, 15) is 18.3 Å². The summed E-state index contributed by atoms with van der Waals surface area (Å²) in [6.07, 6.45) is -5.15. The number of alkyl halides is 3. The minimum absolute atomic E-state index is 0.0424. The van der Waals surface area contributed by atoms with Gasteiger partial charge in [-0.15, -0.1) is 0 Å². The van der Waals surface area contributed by atoms with Crippen LogP contribution in [0.5, 0.6) is 0 Å². The molecule has 0 aromatic heterocycles. The number of hydrogen-bond donors (Lipinski definition) is 2. The largest absolute Gasteiger partial charge is 0.416 e. The van der Waals surface area contributed by atoms with E-state index in [4.69, 9.17) is 0 Å². The van der Waals surface area contributed by atoms with Gasteiger partial charge in [0.15, 0.2) is 0 Å². The summed E-state index contributed by atoms with van der Waals surface area (Å²) in [6, 6.07) is 14.1. The first kappa shape index (κ1) is 16.5. The first-order valence-electron chi connectivity index (χ1n) is 7.01. The fraction of sp³-hybridized carbons (Fsp3) is 0.294. The van der Waals surface area contributed by atoms with E-state index in [1.807, 2.05) is 18.2 Å². The Labute approximate surface area is 127 Å². The number of aliphatic hydroxyl groups is 1. The average molecular weight is 309 g/mol. The average Bonchev–Trinajstić information content (AvgIpc) is 2.52. The van der Waals surface area contributed by atoms with Crippen LogP contribution in [0.2, 0.25) is 0 Å². The summed E-state index contributed by atoms with van der Waals surface area (Å²) in [4.78, 5) is 0. The highest BCUT2D eigenvalue weighted by molar-refractivity contribution is 5.29. The molecular formula is C17H18F3NO. The molecule has 0 unspecified atom stereocenters. The molecular weight excluding hydrogens is 291 g/mol. The number of rotatable bonds is 5. The van der Waals surface area contributed by atoms with Crippen LogP contribution in [0, 0.1) is 0 Å². The molecule has 2 aromatic carbocycles. The highest BCUT2D eigenvalue weighted by atomic mass is 19.4. The molecule has 0 heterocycles. The van der Waals surface area contributed by atoms with Gasteiger partial charge >= 0.3 is 6.18 Å². The molecule has 2 rings (SSSR count). The second kappa shape index (κ2) is 6.94. The minimum atomic E-state index is -4.38. The third kappa shape index (κ3) is 4.08. The molecule has 0 saturated carbocycles. The number of aliphatic hydroxyl groups excluding tert-OH is 1. The van der Waals surface area contributed by atoms with Crippen molar-refractivity contribution in [3.8, 4) is 0 Å². The van der Waals surface area contributed by atoms with Crippen LogP contribution in [-0.4, -0.2) is 11.1 Å². The van der Waals surface area contributed by atoms with Crippen LogP contribution in [0.25, 0.3) is 0 Å². The first-order valence-corrected chi connectivity index (χ1v) is 7.01. The molecule has 22 heavy (non-hydrogen) atoms. The molecule has 2 atom stereocenters. The van der Waals surface area contributed by atoms with E-state index < -0.39 is 17.8 Å². The Hall–Kier alpha value is -1.85. The number of nitrogens with one attached hydrogen (secondary N) is 1. The molecule has 0 aliphatic carbocycles. The maximum Gasteiger partial charge on any atom is 0.416 e. The predicted octanol–water partition coefficient (Wildman–Crippen LogP) is 3.92. The molecule has 2 N–H and O–H groups in total. The molecule has 0 aliphatic heterocycles. The second-order valence-electron chi connectivity index (χ2n) is 5.18. The van der Waals surface area contributed by atoms with E-state index >= 15 is 0 Å². The molecule has 0 radical (unpaired) electrons. The van der Waals surface area contributed by atoms with Crippen molar-refractivity contribution in [2.75, 3.05) is 0 Å². The first-order chi connectivity index (χ1) is 10.4. The van der Waals surface area contributed by atoms with Gasteiger partial charge in [0.05, 0.1) is 11.7 Å². The van der Waals surface area contributed by atoms with Gasteiger partial charge < -0.3 is 10.4 Å². The van der Waals surface area contributed by atoms with Gasteiger partial charge in [0.25, 0.3) is 0 Å². The van der Waals surface area contributed by atoms with Crippen LogP contribution in [-0.2, 0) is 12.7 Å². The van der Waals surface area contributed by atoms with Crippen LogP contribution >= 0.6 is 0 Å². The summed E-state index contributed by atoms with van der Waals surface area (Å²) >= 11 is 0. The summed E-state index contributed by atoms with van der Waals surface area (Å²) in [5.41, 5.74) is 0.248. The van der Waals surface area contributed by atoms with Crippen LogP contribution in [0.1, 0.15) is 29.7 Å². The van der Waals surface area contributed by atoms with E-state index in [1.54, 1.807) is 25.1 Å². The van der Waals surface area contributed by atoms with E-state index in [0.29, 0.717) is 0 Å². The Morgan fingerprint density at radius 3 is 2.23 bits per heavy atom. The molecule has 2 aromatic rings.